The van der Waals surface area contributed by atoms with Crippen molar-refractivity contribution in [2.24, 2.45) is 0 Å². The molecule has 0 radical (unpaired) electrons. The molecule has 1 atom stereocenters. The van der Waals surface area contributed by atoms with E-state index in [1.165, 1.54) is 7.11 Å². The molecule has 0 spiro atoms. The summed E-state index contributed by atoms with van der Waals surface area (Å²) < 4.78 is 16.6. The van der Waals surface area contributed by atoms with Crippen LogP contribution in [0.15, 0.2) is 24.3 Å². The van der Waals surface area contributed by atoms with E-state index in [9.17, 15) is 4.79 Å². The fourth-order valence-corrected chi connectivity index (χ4v) is 3.50. The third kappa shape index (κ3) is 5.95. The first kappa shape index (κ1) is 20.7. The number of esters is 1. The quantitative estimate of drug-likeness (QED) is 0.482. The summed E-state index contributed by atoms with van der Waals surface area (Å²) in [6, 6.07) is 8.01. The Kier molecular flexibility index (Phi) is 7.48. The van der Waals surface area contributed by atoms with Crippen molar-refractivity contribution < 1.29 is 18.7 Å². The summed E-state index contributed by atoms with van der Waals surface area (Å²) in [4.78, 5) is 11.4. The Morgan fingerprint density at radius 1 is 1.12 bits per heavy atom. The molecule has 1 aromatic rings. The standard InChI is InChI=1S/C19H32O4Si/c1-19(2,3)24(6,7)23-17(9-8-10-18(20)22-5)15-11-13-16(21-4)14-12-15/h11-14,17H,8-10H2,1-7H3/t17-/m0/s1. The van der Waals surface area contributed by atoms with Gasteiger partial charge in [-0.2, -0.15) is 0 Å². The molecule has 0 saturated heterocycles. The molecule has 0 amide bonds. The van der Waals surface area contributed by atoms with Crippen molar-refractivity contribution in [1.29, 1.82) is 0 Å². The average molecular weight is 353 g/mol. The van der Waals surface area contributed by atoms with Gasteiger partial charge in [0.1, 0.15) is 5.75 Å². The highest BCUT2D eigenvalue weighted by Crippen LogP contribution is 2.41. The van der Waals surface area contributed by atoms with E-state index in [0.717, 1.165) is 24.2 Å². The second kappa shape index (κ2) is 8.67. The Bertz CT molecular complexity index is 517. The van der Waals surface area contributed by atoms with Crippen molar-refractivity contribution in [3.63, 3.8) is 0 Å². The average Bonchev–Trinajstić information content (AvgIpc) is 2.52. The van der Waals surface area contributed by atoms with Gasteiger partial charge in [-0.05, 0) is 48.7 Å². The van der Waals surface area contributed by atoms with E-state index in [2.05, 4.69) is 46.0 Å². The zero-order valence-corrected chi connectivity index (χ0v) is 17.1. The Labute approximate surface area is 147 Å². The number of carbonyl (C=O) groups excluding carboxylic acids is 1. The predicted molar refractivity (Wildman–Crippen MR) is 99.9 cm³/mol. The van der Waals surface area contributed by atoms with Crippen LogP contribution in [0.1, 0.15) is 51.7 Å². The van der Waals surface area contributed by atoms with Gasteiger partial charge in [0.15, 0.2) is 8.32 Å². The molecule has 0 fully saturated rings. The van der Waals surface area contributed by atoms with Crippen LogP contribution < -0.4 is 4.74 Å². The zero-order valence-electron chi connectivity index (χ0n) is 16.1. The van der Waals surface area contributed by atoms with Crippen molar-refractivity contribution >= 4 is 14.3 Å². The largest absolute Gasteiger partial charge is 0.497 e. The maximum absolute atomic E-state index is 11.4. The van der Waals surface area contributed by atoms with Crippen LogP contribution in [0.3, 0.4) is 0 Å². The molecule has 24 heavy (non-hydrogen) atoms. The molecule has 0 aliphatic carbocycles. The van der Waals surface area contributed by atoms with Crippen molar-refractivity contribution in [3.05, 3.63) is 29.8 Å². The van der Waals surface area contributed by atoms with Crippen LogP contribution in [0.5, 0.6) is 5.75 Å². The molecule has 0 bridgehead atoms. The Morgan fingerprint density at radius 2 is 1.71 bits per heavy atom. The zero-order chi connectivity index (χ0) is 18.4. The van der Waals surface area contributed by atoms with Crippen molar-refractivity contribution in [2.75, 3.05) is 14.2 Å². The van der Waals surface area contributed by atoms with Gasteiger partial charge in [0.2, 0.25) is 0 Å². The number of hydrogen-bond acceptors (Lipinski definition) is 4. The number of carbonyl (C=O) groups is 1. The minimum atomic E-state index is -1.91. The summed E-state index contributed by atoms with van der Waals surface area (Å²) in [5.74, 6) is 0.662. The van der Waals surface area contributed by atoms with Crippen LogP contribution in [0, 0.1) is 0 Å². The van der Waals surface area contributed by atoms with Gasteiger partial charge in [0, 0.05) is 6.42 Å². The molecule has 0 aromatic heterocycles. The second-order valence-electron chi connectivity index (χ2n) is 7.61. The molecule has 0 aliphatic rings. The summed E-state index contributed by atoms with van der Waals surface area (Å²) in [6.07, 6.45) is 1.96. The van der Waals surface area contributed by atoms with E-state index in [4.69, 9.17) is 13.9 Å². The van der Waals surface area contributed by atoms with Gasteiger partial charge in [0.05, 0.1) is 20.3 Å². The second-order valence-corrected chi connectivity index (χ2v) is 12.4. The van der Waals surface area contributed by atoms with Crippen molar-refractivity contribution in [3.8, 4) is 5.75 Å². The highest BCUT2D eigenvalue weighted by molar-refractivity contribution is 6.74. The van der Waals surface area contributed by atoms with Gasteiger partial charge in [-0.25, -0.2) is 0 Å². The molecular formula is C19H32O4Si. The maximum atomic E-state index is 11.4. The summed E-state index contributed by atoms with van der Waals surface area (Å²) in [5.41, 5.74) is 1.13. The summed E-state index contributed by atoms with van der Waals surface area (Å²) in [7, 11) is 1.18. The van der Waals surface area contributed by atoms with Gasteiger partial charge < -0.3 is 13.9 Å². The lowest BCUT2D eigenvalue weighted by molar-refractivity contribution is -0.140. The normalized spacial score (nSPS) is 13.5. The third-order valence-corrected chi connectivity index (χ3v) is 9.29. The maximum Gasteiger partial charge on any atom is 0.305 e. The monoisotopic (exact) mass is 352 g/mol. The van der Waals surface area contributed by atoms with Crippen LogP contribution >= 0.6 is 0 Å². The first-order valence-corrected chi connectivity index (χ1v) is 11.4. The first-order chi connectivity index (χ1) is 11.1. The van der Waals surface area contributed by atoms with Crippen LogP contribution in [-0.2, 0) is 14.0 Å². The molecule has 0 saturated carbocycles. The molecule has 0 aliphatic heterocycles. The summed E-state index contributed by atoms with van der Waals surface area (Å²) in [6.45, 7) is 11.2. The summed E-state index contributed by atoms with van der Waals surface area (Å²) in [5, 5.41) is 0.139. The molecular weight excluding hydrogens is 320 g/mol. The molecule has 0 unspecified atom stereocenters. The molecule has 1 aromatic carbocycles. The Balaban J connectivity index is 2.91. The fraction of sp³-hybridized carbons (Fsp3) is 0.632. The van der Waals surface area contributed by atoms with Crippen molar-refractivity contribution in [2.45, 2.75) is 64.3 Å². The molecule has 0 N–H and O–H groups in total. The lowest BCUT2D eigenvalue weighted by atomic mass is 10.0. The highest BCUT2D eigenvalue weighted by Gasteiger charge is 2.39. The smallest absolute Gasteiger partial charge is 0.305 e. The Morgan fingerprint density at radius 3 is 2.17 bits per heavy atom. The van der Waals surface area contributed by atoms with E-state index in [0.29, 0.717) is 6.42 Å². The first-order valence-electron chi connectivity index (χ1n) is 8.49. The predicted octanol–water partition coefficient (Wildman–Crippen LogP) is 5.10. The van der Waals surface area contributed by atoms with Gasteiger partial charge in [-0.15, -0.1) is 0 Å². The molecule has 136 valence electrons. The minimum Gasteiger partial charge on any atom is -0.497 e. The number of hydrogen-bond donors (Lipinski definition) is 0. The van der Waals surface area contributed by atoms with Gasteiger partial charge in [-0.3, -0.25) is 4.79 Å². The fourth-order valence-electron chi connectivity index (χ4n) is 2.18. The third-order valence-electron chi connectivity index (χ3n) is 4.81. The van der Waals surface area contributed by atoms with E-state index in [1.807, 2.05) is 12.1 Å². The van der Waals surface area contributed by atoms with E-state index in [1.54, 1.807) is 7.11 Å². The van der Waals surface area contributed by atoms with Gasteiger partial charge in [-0.1, -0.05) is 32.9 Å². The van der Waals surface area contributed by atoms with Gasteiger partial charge >= 0.3 is 5.97 Å². The number of methoxy groups -OCH3 is 2. The van der Waals surface area contributed by atoms with Crippen LogP contribution in [-0.4, -0.2) is 28.5 Å². The topological polar surface area (TPSA) is 44.8 Å². The molecule has 0 heterocycles. The van der Waals surface area contributed by atoms with E-state index >= 15 is 0 Å². The Hall–Kier alpha value is -1.33. The molecule has 1 rings (SSSR count). The molecule has 5 heteroatoms. The number of benzene rings is 1. The SMILES string of the molecule is COC(=O)CCC[C@H](O[Si](C)(C)C(C)(C)C)c1ccc(OC)cc1. The van der Waals surface area contributed by atoms with Crippen LogP contribution in [0.4, 0.5) is 0 Å². The van der Waals surface area contributed by atoms with E-state index < -0.39 is 8.32 Å². The highest BCUT2D eigenvalue weighted by atomic mass is 28.4. The molecule has 4 nitrogen and oxygen atoms in total. The van der Waals surface area contributed by atoms with Crippen molar-refractivity contribution in [1.82, 2.24) is 0 Å². The lowest BCUT2D eigenvalue weighted by Gasteiger charge is -2.39. The lowest BCUT2D eigenvalue weighted by Crippen LogP contribution is -2.41. The number of ether oxygens (including phenoxy) is 2. The van der Waals surface area contributed by atoms with Gasteiger partial charge in [0.25, 0.3) is 0 Å². The number of rotatable bonds is 8. The summed E-state index contributed by atoms with van der Waals surface area (Å²) >= 11 is 0. The van der Waals surface area contributed by atoms with Crippen LogP contribution in [0.2, 0.25) is 18.1 Å². The van der Waals surface area contributed by atoms with Crippen LogP contribution in [0.25, 0.3) is 0 Å². The van der Waals surface area contributed by atoms with E-state index in [-0.39, 0.29) is 17.1 Å². The minimum absolute atomic E-state index is 0.0125.